The first kappa shape index (κ1) is 98.8. The fraction of sp³-hybridized carbons (Fsp3) is 0.524. The predicted molar refractivity (Wildman–Crippen MR) is 473 cm³/mol. The molecule has 9 saturated heterocycles. The standard InChI is InChI=1S/3C21H23F2N9O10P2S2/c3*1-6-27-15-11(17(33)28-6)25-4-31(15)19-13-9(22)7(39-19)2-37-44(36,46)42-14-10(23)8(3-38-43(35,45)41-13)40-20(14)32-5-26-12-16(32)29-21(24)30-18(12)34/h3*4-5,7-10,13-14,19-20H,2-3H2,1H3,(H,35,45)(H,36,46)(H,27,28,33)(H3,24,29,30,34)/t3*7-,8-,9-,10-,13-,14-,19-,20-,43?,44?/m111/s1. The van der Waals surface area contributed by atoms with Crippen molar-refractivity contribution in [3.05, 3.63) is 118 Å². The van der Waals surface area contributed by atoms with Crippen LogP contribution in [0.4, 0.5) is 44.2 Å². The van der Waals surface area contributed by atoms with Gasteiger partial charge < -0.3 is 117 Å². The summed E-state index contributed by atoms with van der Waals surface area (Å²) < 4.78 is 204. The maximum absolute atomic E-state index is 16.0. The molecule has 21 heterocycles. The summed E-state index contributed by atoms with van der Waals surface area (Å²) in [5, 5.41) is 0. The number of alkyl halides is 6. The van der Waals surface area contributed by atoms with Crippen LogP contribution in [0.5, 0.6) is 0 Å². The van der Waals surface area contributed by atoms with Crippen LogP contribution >= 0.6 is 40.3 Å². The highest BCUT2D eigenvalue weighted by atomic mass is 32.5. The minimum Gasteiger partial charge on any atom is -0.369 e. The summed E-state index contributed by atoms with van der Waals surface area (Å²) in [6.45, 7) is -26.2. The number of rotatable bonds is 6. The van der Waals surface area contributed by atoms with Crippen LogP contribution in [0, 0.1) is 20.8 Å². The molecule has 0 spiro atoms. The minimum absolute atomic E-state index is 0.0107. The number of hydrogen-bond donors (Lipinski definition) is 15. The number of halogens is 6. The Kier molecular flexibility index (Phi) is 26.7. The van der Waals surface area contributed by atoms with Crippen molar-refractivity contribution in [2.75, 3.05) is 56.8 Å². The van der Waals surface area contributed by atoms with E-state index < -0.39 is 261 Å². The highest BCUT2D eigenvalue weighted by Gasteiger charge is 2.59. The molecule has 138 heavy (non-hydrogen) atoms. The van der Waals surface area contributed by atoms with Gasteiger partial charge in [0.1, 0.15) is 90.7 Å². The van der Waals surface area contributed by atoms with Crippen LogP contribution < -0.4 is 50.6 Å². The molecule has 0 aromatic carbocycles. The second-order valence-corrected chi connectivity index (χ2v) is 48.1. The summed E-state index contributed by atoms with van der Waals surface area (Å²) in [7, 11) is 0. The summed E-state index contributed by atoms with van der Waals surface area (Å²) in [5.41, 5.74) is 12.3. The predicted octanol–water partition coefficient (Wildman–Crippen LogP) is -0.404. The van der Waals surface area contributed by atoms with E-state index in [9.17, 15) is 58.1 Å². The van der Waals surface area contributed by atoms with E-state index in [0.29, 0.717) is 0 Å². The first-order valence-electron chi connectivity index (χ1n) is 39.8. The van der Waals surface area contributed by atoms with Crippen LogP contribution in [0.15, 0.2) is 66.7 Å². The molecule has 9 aliphatic heterocycles. The SMILES string of the molecule is Cc1nc2c(ncn2[C@@H]2O[C@@H]3COP(O)(=S)O[C@@H]4[C@H](F)[C@@H](COP(O)(=S)O[C@@H]2[C@@H]3F)O[C@H]4n2cnc3c(=O)[nH]c(N)nc32)c(=O)[nH]1.Cc1nc2c(ncn2[C@@H]2O[C@@H]3COP(O)(=S)O[C@@H]4[C@H](F)[C@@H](COP(O)(=S)O[C@@H]2[C@@H]3F)O[C@H]4n2cnc3c(=O)[nH]c(N)nc32)c(=O)[nH]1.Cc1nc2c(ncn2[C@@H]2O[C@@H]3COP(O)(=S)O[C@@H]4[C@H](F)[C@@H](COP(O)(=S)O[C@@H]2[C@@H]3F)O[C@H]4n2cnc3c(=O)[nH]c(N)nc32)c(=O)[nH]1. The first-order valence-corrected chi connectivity index (χ1v) is 55.4. The number of aromatic nitrogens is 24. The van der Waals surface area contributed by atoms with Crippen molar-refractivity contribution in [2.24, 2.45) is 0 Å². The third kappa shape index (κ3) is 19.2. The van der Waals surface area contributed by atoms with Crippen molar-refractivity contribution in [3.63, 3.8) is 0 Å². The molecule has 0 aliphatic carbocycles. The van der Waals surface area contributed by atoms with Gasteiger partial charge in [-0.15, -0.1) is 0 Å². The molecule has 12 aromatic rings. The summed E-state index contributed by atoms with van der Waals surface area (Å²) in [5.74, 6) is -0.135. The van der Waals surface area contributed by atoms with Crippen LogP contribution in [0.25, 0.3) is 67.0 Å². The lowest BCUT2D eigenvalue weighted by atomic mass is 10.1. The van der Waals surface area contributed by atoms with E-state index in [1.54, 1.807) is 0 Å². The van der Waals surface area contributed by atoms with Crippen molar-refractivity contribution in [1.82, 2.24) is 117 Å². The van der Waals surface area contributed by atoms with Crippen molar-refractivity contribution in [3.8, 4) is 0 Å². The second-order valence-electron chi connectivity index (χ2n) is 31.3. The number of aryl methyl sites for hydroxylation is 3. The minimum atomic E-state index is -4.38. The Morgan fingerprint density at radius 3 is 0.609 bits per heavy atom. The van der Waals surface area contributed by atoms with Crippen LogP contribution in [-0.4, -0.2) is 296 Å². The number of nitrogens with zero attached hydrogens (tertiary/aromatic N) is 18. The molecule has 18 N–H and O–H groups in total. The number of imidazole rings is 6. The largest absolute Gasteiger partial charge is 0.369 e. The Morgan fingerprint density at radius 2 is 0.442 bits per heavy atom. The third-order valence-electron chi connectivity index (χ3n) is 22.2. The van der Waals surface area contributed by atoms with Gasteiger partial charge in [-0.25, -0.2) is 71.2 Å². The van der Waals surface area contributed by atoms with Crippen LogP contribution in [0.2, 0.25) is 0 Å². The first-order chi connectivity index (χ1) is 65.1. The average molecular weight is 2180 g/mol. The quantitative estimate of drug-likeness (QED) is 0.0743. The van der Waals surface area contributed by atoms with Gasteiger partial charge in [0, 0.05) is 0 Å². The van der Waals surface area contributed by atoms with E-state index in [4.69, 9.17) is 171 Å². The molecule has 30 atom stereocenters. The maximum atomic E-state index is 16.0. The van der Waals surface area contributed by atoms with Gasteiger partial charge in [0.15, 0.2) is 141 Å². The summed E-state index contributed by atoms with van der Waals surface area (Å²) >= 11 is 30.9. The number of ether oxygens (including phenoxy) is 6. The van der Waals surface area contributed by atoms with Gasteiger partial charge in [0.25, 0.3) is 33.4 Å². The van der Waals surface area contributed by atoms with E-state index in [0.717, 1.165) is 51.7 Å². The smallest absolute Gasteiger partial charge is 0.325 e. The fourth-order valence-corrected chi connectivity index (χ4v) is 24.6. The Hall–Kier alpha value is -7.98. The van der Waals surface area contributed by atoms with E-state index in [1.165, 1.54) is 34.5 Å². The molecule has 0 saturated carbocycles. The summed E-state index contributed by atoms with van der Waals surface area (Å²) in [6, 6.07) is 0. The van der Waals surface area contributed by atoms with Crippen molar-refractivity contribution in [2.45, 2.75) is 168 Å². The van der Waals surface area contributed by atoms with Crippen LogP contribution in [0.3, 0.4) is 0 Å². The van der Waals surface area contributed by atoms with Gasteiger partial charge in [-0.2, -0.15) is 15.0 Å². The molecule has 9 fully saturated rings. The molecule has 12 aromatic heterocycles. The molecule has 9 aliphatic rings. The molecule has 0 radical (unpaired) electrons. The van der Waals surface area contributed by atoms with E-state index in [2.05, 4.69) is 89.7 Å². The topological polar surface area (TPSA) is 747 Å². The number of H-pyrrole nitrogens is 6. The highest BCUT2D eigenvalue weighted by Crippen LogP contribution is 2.60. The number of aromatic amines is 6. The maximum Gasteiger partial charge on any atom is 0.325 e. The summed E-state index contributed by atoms with van der Waals surface area (Å²) in [4.78, 5) is 203. The number of fused-ring (bicyclic) bond motifs is 18. The molecule has 57 nitrogen and oxygen atoms in total. The van der Waals surface area contributed by atoms with Crippen molar-refractivity contribution < 1.29 is 138 Å². The fourth-order valence-electron chi connectivity index (χ4n) is 16.2. The monoisotopic (exact) mass is 2180 g/mol. The summed E-state index contributed by atoms with van der Waals surface area (Å²) in [6.07, 6.45) is -33.8. The second kappa shape index (κ2) is 37.3. The van der Waals surface area contributed by atoms with Gasteiger partial charge in [0.2, 0.25) is 17.8 Å². The zero-order chi connectivity index (χ0) is 98.1. The molecule has 744 valence electrons. The Bertz CT molecular complexity index is 6440. The van der Waals surface area contributed by atoms with Crippen LogP contribution in [0.1, 0.15) is 54.8 Å². The molecule has 75 heteroatoms. The molecule has 12 bridgehead atoms. The number of nitrogen functional groups attached to an aromatic ring is 3. The molecular formula is C63H69F6N27O30P6S6. The van der Waals surface area contributed by atoms with Gasteiger partial charge in [-0.3, -0.25) is 98.3 Å². The normalized spacial score (nSPS) is 37.2. The van der Waals surface area contributed by atoms with Gasteiger partial charge in [-0.1, -0.05) is 0 Å². The lowest BCUT2D eigenvalue weighted by molar-refractivity contribution is -0.0608. The lowest BCUT2D eigenvalue weighted by Gasteiger charge is -2.27. The molecular weight excluding hydrogens is 2110 g/mol. The Balaban J connectivity index is 0.000000132. The van der Waals surface area contributed by atoms with E-state index in [1.807, 2.05) is 0 Å². The number of anilines is 3. The molecule has 0 amide bonds. The Labute approximate surface area is 789 Å². The number of nitrogens with two attached hydrogens (primary N) is 3. The zero-order valence-corrected chi connectivity index (χ0v) is 79.5. The van der Waals surface area contributed by atoms with Crippen LogP contribution in [-0.2, 0) is 154 Å². The number of hydrogen-bond acceptors (Lipinski definition) is 45. The molecule has 6 unspecified atom stereocenters. The third-order valence-corrected chi connectivity index (χ3v) is 31.5. The lowest BCUT2D eigenvalue weighted by Crippen LogP contribution is -2.35. The zero-order valence-electron chi connectivity index (χ0n) is 69.2. The Morgan fingerprint density at radius 1 is 0.290 bits per heavy atom. The van der Waals surface area contributed by atoms with E-state index in [-0.39, 0.29) is 102 Å². The van der Waals surface area contributed by atoms with E-state index >= 15 is 26.3 Å². The van der Waals surface area contributed by atoms with Crippen molar-refractivity contribution >= 4 is 196 Å². The van der Waals surface area contributed by atoms with Gasteiger partial charge in [-0.05, 0) is 91.6 Å². The highest BCUT2D eigenvalue weighted by molar-refractivity contribution is 8.08. The van der Waals surface area contributed by atoms with Gasteiger partial charge in [0.05, 0.1) is 77.6 Å². The molecule has 21 rings (SSSR count). The van der Waals surface area contributed by atoms with Gasteiger partial charge >= 0.3 is 40.3 Å². The number of nitrogens with one attached hydrogen (secondary N) is 6. The average Bonchev–Trinajstić information content (AvgIpc) is 1.62. The van der Waals surface area contributed by atoms with Crippen molar-refractivity contribution in [1.29, 1.82) is 0 Å².